The van der Waals surface area contributed by atoms with Gasteiger partial charge in [-0.15, -0.1) is 22.7 Å². The third-order valence-corrected chi connectivity index (χ3v) is 5.99. The molecule has 0 saturated carbocycles. The second-order valence-corrected chi connectivity index (χ2v) is 7.09. The van der Waals surface area contributed by atoms with Crippen LogP contribution >= 0.6 is 22.7 Å². The standard InChI is InChI=1S/C16H18N2OS2/c1-9-4-5-11(16(19-3)10(9)2)15(18-17)14-8-13-12(21-14)6-7-20-13/h4-8,15,18H,17H2,1-3H3. The van der Waals surface area contributed by atoms with Crippen LogP contribution < -0.4 is 16.0 Å². The first-order valence-corrected chi connectivity index (χ1v) is 8.42. The number of hydrogen-bond acceptors (Lipinski definition) is 5. The van der Waals surface area contributed by atoms with Gasteiger partial charge in [0.2, 0.25) is 0 Å². The van der Waals surface area contributed by atoms with Crippen LogP contribution in [0, 0.1) is 13.8 Å². The van der Waals surface area contributed by atoms with Crippen LogP contribution in [0.2, 0.25) is 0 Å². The van der Waals surface area contributed by atoms with Crippen molar-refractivity contribution < 1.29 is 4.74 Å². The Morgan fingerprint density at radius 2 is 2.00 bits per heavy atom. The third kappa shape index (κ3) is 2.46. The summed E-state index contributed by atoms with van der Waals surface area (Å²) in [5.74, 6) is 6.76. The molecule has 0 aliphatic rings. The van der Waals surface area contributed by atoms with E-state index in [9.17, 15) is 0 Å². The monoisotopic (exact) mass is 318 g/mol. The van der Waals surface area contributed by atoms with Gasteiger partial charge in [0.25, 0.3) is 0 Å². The molecule has 1 unspecified atom stereocenters. The van der Waals surface area contributed by atoms with Gasteiger partial charge in [0, 0.05) is 19.8 Å². The van der Waals surface area contributed by atoms with E-state index in [0.717, 1.165) is 16.9 Å². The minimum Gasteiger partial charge on any atom is -0.496 e. The molecule has 0 bridgehead atoms. The number of methoxy groups -OCH3 is 1. The average Bonchev–Trinajstić information content (AvgIpc) is 3.05. The predicted octanol–water partition coefficient (Wildman–Crippen LogP) is 4.14. The van der Waals surface area contributed by atoms with Gasteiger partial charge in [-0.25, -0.2) is 5.43 Å². The molecule has 0 aliphatic carbocycles. The molecule has 21 heavy (non-hydrogen) atoms. The average molecular weight is 318 g/mol. The highest BCUT2D eigenvalue weighted by Crippen LogP contribution is 2.39. The first-order chi connectivity index (χ1) is 10.2. The maximum atomic E-state index is 5.84. The first-order valence-electron chi connectivity index (χ1n) is 6.73. The zero-order valence-electron chi connectivity index (χ0n) is 12.3. The Hall–Kier alpha value is -1.40. The van der Waals surface area contributed by atoms with E-state index in [4.69, 9.17) is 10.6 Å². The SMILES string of the molecule is COc1c(C(NN)c2cc3sccc3s2)ccc(C)c1C. The normalized spacial score (nSPS) is 12.8. The smallest absolute Gasteiger partial charge is 0.127 e. The van der Waals surface area contributed by atoms with Gasteiger partial charge in [-0.1, -0.05) is 12.1 Å². The van der Waals surface area contributed by atoms with Crippen molar-refractivity contribution in [3.63, 3.8) is 0 Å². The zero-order chi connectivity index (χ0) is 15.0. The summed E-state index contributed by atoms with van der Waals surface area (Å²) in [6.45, 7) is 4.17. The van der Waals surface area contributed by atoms with Gasteiger partial charge < -0.3 is 4.74 Å². The lowest BCUT2D eigenvalue weighted by Crippen LogP contribution is -2.28. The van der Waals surface area contributed by atoms with Gasteiger partial charge in [0.1, 0.15) is 5.75 Å². The summed E-state index contributed by atoms with van der Waals surface area (Å²) < 4.78 is 8.24. The molecule has 3 rings (SSSR count). The van der Waals surface area contributed by atoms with Crippen molar-refractivity contribution in [3.05, 3.63) is 51.2 Å². The van der Waals surface area contributed by atoms with Crippen LogP contribution in [0.1, 0.15) is 27.6 Å². The van der Waals surface area contributed by atoms with Crippen LogP contribution in [0.4, 0.5) is 0 Å². The van der Waals surface area contributed by atoms with Crippen LogP contribution in [0.25, 0.3) is 9.40 Å². The molecular weight excluding hydrogens is 300 g/mol. The fraction of sp³-hybridized carbons (Fsp3) is 0.250. The van der Waals surface area contributed by atoms with E-state index in [2.05, 4.69) is 48.9 Å². The van der Waals surface area contributed by atoms with E-state index < -0.39 is 0 Å². The molecule has 5 heteroatoms. The highest BCUT2D eigenvalue weighted by molar-refractivity contribution is 7.27. The summed E-state index contributed by atoms with van der Waals surface area (Å²) in [6.07, 6.45) is 0. The lowest BCUT2D eigenvalue weighted by Gasteiger charge is -2.20. The fourth-order valence-corrected chi connectivity index (χ4v) is 4.76. The minimum atomic E-state index is -0.0520. The first kappa shape index (κ1) is 14.5. The Morgan fingerprint density at radius 1 is 1.19 bits per heavy atom. The summed E-state index contributed by atoms with van der Waals surface area (Å²) in [5, 5.41) is 2.12. The van der Waals surface area contributed by atoms with Crippen molar-refractivity contribution >= 4 is 32.1 Å². The van der Waals surface area contributed by atoms with Crippen molar-refractivity contribution in [1.29, 1.82) is 0 Å². The lowest BCUT2D eigenvalue weighted by molar-refractivity contribution is 0.401. The van der Waals surface area contributed by atoms with E-state index in [-0.39, 0.29) is 6.04 Å². The Kier molecular flexibility index (Phi) is 3.99. The molecule has 1 aromatic carbocycles. The van der Waals surface area contributed by atoms with E-state index in [0.29, 0.717) is 0 Å². The van der Waals surface area contributed by atoms with Crippen molar-refractivity contribution in [1.82, 2.24) is 5.43 Å². The number of rotatable bonds is 4. The van der Waals surface area contributed by atoms with Crippen molar-refractivity contribution in [2.45, 2.75) is 19.9 Å². The number of hydrogen-bond donors (Lipinski definition) is 2. The molecular formula is C16H18N2OS2. The minimum absolute atomic E-state index is 0.0520. The molecule has 110 valence electrons. The van der Waals surface area contributed by atoms with Gasteiger partial charge in [0.05, 0.1) is 13.2 Å². The second-order valence-electron chi connectivity index (χ2n) is 5.03. The largest absolute Gasteiger partial charge is 0.496 e. The van der Waals surface area contributed by atoms with Crippen molar-refractivity contribution in [3.8, 4) is 5.75 Å². The van der Waals surface area contributed by atoms with Gasteiger partial charge in [-0.3, -0.25) is 5.84 Å². The number of benzene rings is 1. The Morgan fingerprint density at radius 3 is 2.67 bits per heavy atom. The Bertz CT molecular complexity index is 747. The highest BCUT2D eigenvalue weighted by atomic mass is 32.1. The Labute approximate surface area is 132 Å². The molecule has 3 aromatic rings. The fourth-order valence-electron chi connectivity index (χ4n) is 2.56. The summed E-state index contributed by atoms with van der Waals surface area (Å²) >= 11 is 3.53. The van der Waals surface area contributed by atoms with Crippen molar-refractivity contribution in [2.24, 2.45) is 5.84 Å². The Balaban J connectivity index is 2.11. The molecule has 1 atom stereocenters. The summed E-state index contributed by atoms with van der Waals surface area (Å²) in [5.41, 5.74) is 6.40. The molecule has 0 saturated heterocycles. The van der Waals surface area contributed by atoms with Gasteiger partial charge in [-0.05, 0) is 42.5 Å². The molecule has 2 aromatic heterocycles. The summed E-state index contributed by atoms with van der Waals surface area (Å²) in [6, 6.07) is 8.53. The molecule has 2 heterocycles. The van der Waals surface area contributed by atoms with Crippen LogP contribution in [-0.2, 0) is 0 Å². The van der Waals surface area contributed by atoms with Crippen LogP contribution in [-0.4, -0.2) is 7.11 Å². The van der Waals surface area contributed by atoms with Gasteiger partial charge in [-0.2, -0.15) is 0 Å². The molecule has 3 N–H and O–H groups in total. The molecule has 0 radical (unpaired) electrons. The predicted molar refractivity (Wildman–Crippen MR) is 91.3 cm³/mol. The number of hydrazine groups is 1. The molecule has 0 amide bonds. The molecule has 3 nitrogen and oxygen atoms in total. The maximum Gasteiger partial charge on any atom is 0.127 e. The second kappa shape index (κ2) is 5.77. The van der Waals surface area contributed by atoms with Gasteiger partial charge >= 0.3 is 0 Å². The number of aryl methyl sites for hydroxylation is 1. The number of nitrogens with one attached hydrogen (secondary N) is 1. The number of ether oxygens (including phenoxy) is 1. The maximum absolute atomic E-state index is 5.84. The number of nitrogens with two attached hydrogens (primary N) is 1. The van der Waals surface area contributed by atoms with E-state index in [1.54, 1.807) is 29.8 Å². The summed E-state index contributed by atoms with van der Waals surface area (Å²) in [7, 11) is 1.71. The number of fused-ring (bicyclic) bond motifs is 1. The molecule has 0 aliphatic heterocycles. The van der Waals surface area contributed by atoms with E-state index in [1.165, 1.54) is 19.8 Å². The summed E-state index contributed by atoms with van der Waals surface area (Å²) in [4.78, 5) is 1.21. The van der Waals surface area contributed by atoms with Crippen LogP contribution in [0.5, 0.6) is 5.75 Å². The topological polar surface area (TPSA) is 47.3 Å². The van der Waals surface area contributed by atoms with Crippen molar-refractivity contribution in [2.75, 3.05) is 7.11 Å². The van der Waals surface area contributed by atoms with E-state index in [1.807, 2.05) is 0 Å². The molecule has 0 spiro atoms. The number of thiophene rings is 2. The third-order valence-electron chi connectivity index (χ3n) is 3.83. The van der Waals surface area contributed by atoms with Crippen LogP contribution in [0.15, 0.2) is 29.6 Å². The molecule has 0 fully saturated rings. The zero-order valence-corrected chi connectivity index (χ0v) is 13.9. The van der Waals surface area contributed by atoms with Gasteiger partial charge in [0.15, 0.2) is 0 Å². The van der Waals surface area contributed by atoms with Crippen LogP contribution in [0.3, 0.4) is 0 Å². The lowest BCUT2D eigenvalue weighted by atomic mass is 9.98. The highest BCUT2D eigenvalue weighted by Gasteiger charge is 2.21. The van der Waals surface area contributed by atoms with E-state index >= 15 is 0 Å². The quantitative estimate of drug-likeness (QED) is 0.561.